The zero-order valence-electron chi connectivity index (χ0n) is 18.5. The number of carbonyl (C=O) groups is 2. The molecule has 1 heterocycles. The average Bonchev–Trinajstić information content (AvgIpc) is 3.01. The molecule has 7 heteroatoms. The molecular formula is C25H27ClN2O4. The molecule has 1 N–H and O–H groups in total. The van der Waals surface area contributed by atoms with Crippen LogP contribution in [0.15, 0.2) is 60.7 Å². The van der Waals surface area contributed by atoms with Crippen LogP contribution in [0.3, 0.4) is 0 Å². The lowest BCUT2D eigenvalue weighted by molar-refractivity contribution is -0.140. The highest BCUT2D eigenvalue weighted by Crippen LogP contribution is 2.40. The topological polar surface area (TPSA) is 70.1 Å². The van der Waals surface area contributed by atoms with Gasteiger partial charge in [0, 0.05) is 23.7 Å². The van der Waals surface area contributed by atoms with Gasteiger partial charge < -0.3 is 19.6 Å². The number of benzene rings is 2. The first kappa shape index (κ1) is 23.6. The van der Waals surface area contributed by atoms with Crippen molar-refractivity contribution in [2.45, 2.75) is 13.0 Å². The van der Waals surface area contributed by atoms with Crippen molar-refractivity contribution < 1.29 is 19.4 Å². The maximum Gasteiger partial charge on any atom is 0.295 e. The summed E-state index contributed by atoms with van der Waals surface area (Å²) in [6.45, 7) is 6.72. The quantitative estimate of drug-likeness (QED) is 0.280. The number of nitrogens with zero attached hydrogens (tertiary/aromatic N) is 2. The summed E-state index contributed by atoms with van der Waals surface area (Å²) in [5.74, 6) is -0.910. The van der Waals surface area contributed by atoms with Crippen LogP contribution in [-0.4, -0.2) is 60.4 Å². The molecule has 0 radical (unpaired) electrons. The molecule has 1 unspecified atom stereocenters. The Morgan fingerprint density at radius 2 is 1.91 bits per heavy atom. The summed E-state index contributed by atoms with van der Waals surface area (Å²) in [7, 11) is 3.79. The molecule has 1 aliphatic rings. The summed E-state index contributed by atoms with van der Waals surface area (Å²) in [5, 5.41) is 11.8. The lowest BCUT2D eigenvalue weighted by Crippen LogP contribution is -2.35. The van der Waals surface area contributed by atoms with Gasteiger partial charge in [-0.1, -0.05) is 36.4 Å². The number of likely N-dealkylation sites (tertiary alicyclic amines) is 1. The van der Waals surface area contributed by atoms with Gasteiger partial charge in [-0.2, -0.15) is 0 Å². The monoisotopic (exact) mass is 454 g/mol. The Kier molecular flexibility index (Phi) is 7.38. The van der Waals surface area contributed by atoms with E-state index in [4.69, 9.17) is 16.3 Å². The van der Waals surface area contributed by atoms with Crippen molar-refractivity contribution in [3.63, 3.8) is 0 Å². The molecule has 1 amide bonds. The number of rotatable bonds is 8. The summed E-state index contributed by atoms with van der Waals surface area (Å²) in [6.07, 6.45) is 1.64. The van der Waals surface area contributed by atoms with Crippen LogP contribution < -0.4 is 4.74 Å². The molecule has 2 aromatic rings. The first-order valence-electron chi connectivity index (χ1n) is 10.3. The fourth-order valence-electron chi connectivity index (χ4n) is 3.70. The van der Waals surface area contributed by atoms with Crippen molar-refractivity contribution in [3.8, 4) is 5.75 Å². The fourth-order valence-corrected chi connectivity index (χ4v) is 3.83. The van der Waals surface area contributed by atoms with Crippen molar-refractivity contribution in [1.29, 1.82) is 0 Å². The van der Waals surface area contributed by atoms with Crippen LogP contribution in [0.4, 0.5) is 0 Å². The summed E-state index contributed by atoms with van der Waals surface area (Å²) >= 11 is 6.05. The van der Waals surface area contributed by atoms with Gasteiger partial charge in [-0.25, -0.2) is 0 Å². The van der Waals surface area contributed by atoms with E-state index in [-0.39, 0.29) is 11.3 Å². The summed E-state index contributed by atoms with van der Waals surface area (Å²) < 4.78 is 5.55. The normalized spacial score (nSPS) is 17.8. The second kappa shape index (κ2) is 10.0. The molecule has 32 heavy (non-hydrogen) atoms. The van der Waals surface area contributed by atoms with E-state index in [1.54, 1.807) is 48.5 Å². The third kappa shape index (κ3) is 4.87. The summed E-state index contributed by atoms with van der Waals surface area (Å²) in [6, 6.07) is 11.4. The number of likely N-dealkylation sites (N-methyl/N-ethyl adjacent to an activating group) is 1. The molecule has 1 saturated heterocycles. The zero-order chi connectivity index (χ0) is 23.4. The van der Waals surface area contributed by atoms with E-state index in [9.17, 15) is 14.7 Å². The third-order valence-electron chi connectivity index (χ3n) is 5.33. The van der Waals surface area contributed by atoms with Crippen LogP contribution in [0, 0.1) is 6.92 Å². The first-order chi connectivity index (χ1) is 15.2. The number of hydrogen-bond acceptors (Lipinski definition) is 5. The smallest absolute Gasteiger partial charge is 0.295 e. The van der Waals surface area contributed by atoms with Crippen LogP contribution in [-0.2, 0) is 9.59 Å². The number of aliphatic hydroxyl groups is 1. The predicted octanol–water partition coefficient (Wildman–Crippen LogP) is 4.20. The van der Waals surface area contributed by atoms with Gasteiger partial charge >= 0.3 is 0 Å². The molecule has 0 spiro atoms. The van der Waals surface area contributed by atoms with Crippen LogP contribution >= 0.6 is 11.6 Å². The molecule has 0 bridgehead atoms. The Labute approximate surface area is 193 Å². The molecule has 0 saturated carbocycles. The van der Waals surface area contributed by atoms with Gasteiger partial charge in [0.1, 0.15) is 18.1 Å². The van der Waals surface area contributed by atoms with Crippen molar-refractivity contribution in [1.82, 2.24) is 9.80 Å². The third-order valence-corrected chi connectivity index (χ3v) is 5.59. The number of ether oxygens (including phenoxy) is 1. The Hall–Kier alpha value is -3.09. The SMILES string of the molecule is C=CCOc1ccc(/C(O)=C2\C(=O)C(=O)N(CCN(C)C)C2c2ccc(Cl)cc2)c(C)c1. The van der Waals surface area contributed by atoms with Gasteiger partial charge in [-0.3, -0.25) is 9.59 Å². The van der Waals surface area contributed by atoms with Gasteiger partial charge in [0.05, 0.1) is 11.6 Å². The van der Waals surface area contributed by atoms with E-state index in [0.717, 1.165) is 5.56 Å². The van der Waals surface area contributed by atoms with E-state index < -0.39 is 17.7 Å². The number of aryl methyl sites for hydroxylation is 1. The number of ketones is 1. The summed E-state index contributed by atoms with van der Waals surface area (Å²) in [4.78, 5) is 29.4. The molecule has 1 fully saturated rings. The van der Waals surface area contributed by atoms with Crippen molar-refractivity contribution >= 4 is 29.1 Å². The molecule has 168 valence electrons. The molecule has 1 atom stereocenters. The van der Waals surface area contributed by atoms with Crippen molar-refractivity contribution in [3.05, 3.63) is 82.4 Å². The van der Waals surface area contributed by atoms with Crippen molar-refractivity contribution in [2.24, 2.45) is 0 Å². The average molecular weight is 455 g/mol. The summed E-state index contributed by atoms with van der Waals surface area (Å²) in [5.41, 5.74) is 1.97. The molecule has 0 aromatic heterocycles. The van der Waals surface area contributed by atoms with E-state index >= 15 is 0 Å². The first-order valence-corrected chi connectivity index (χ1v) is 10.7. The van der Waals surface area contributed by atoms with Gasteiger partial charge in [0.25, 0.3) is 11.7 Å². The lowest BCUT2D eigenvalue weighted by Gasteiger charge is -2.26. The van der Waals surface area contributed by atoms with Gasteiger partial charge in [-0.05, 0) is 62.5 Å². The largest absolute Gasteiger partial charge is 0.507 e. The second-order valence-corrected chi connectivity index (χ2v) is 8.36. The molecule has 0 aliphatic carbocycles. The molecular weight excluding hydrogens is 428 g/mol. The second-order valence-electron chi connectivity index (χ2n) is 7.92. The minimum absolute atomic E-state index is 0.0685. The van der Waals surface area contributed by atoms with E-state index in [1.165, 1.54) is 4.90 Å². The minimum atomic E-state index is -0.705. The fraction of sp³-hybridized carbons (Fsp3) is 0.280. The molecule has 2 aromatic carbocycles. The van der Waals surface area contributed by atoms with Crippen LogP contribution in [0.5, 0.6) is 5.75 Å². The molecule has 1 aliphatic heterocycles. The molecule has 3 rings (SSSR count). The number of hydrogen-bond donors (Lipinski definition) is 1. The van der Waals surface area contributed by atoms with Crippen LogP contribution in [0.1, 0.15) is 22.7 Å². The Bertz CT molecular complexity index is 1060. The van der Waals surface area contributed by atoms with Crippen molar-refractivity contribution in [2.75, 3.05) is 33.8 Å². The van der Waals surface area contributed by atoms with Gasteiger partial charge in [0.2, 0.25) is 0 Å². The lowest BCUT2D eigenvalue weighted by atomic mass is 9.94. The minimum Gasteiger partial charge on any atom is -0.507 e. The number of halogens is 1. The highest BCUT2D eigenvalue weighted by Gasteiger charge is 2.46. The zero-order valence-corrected chi connectivity index (χ0v) is 19.2. The maximum absolute atomic E-state index is 13.1. The predicted molar refractivity (Wildman–Crippen MR) is 126 cm³/mol. The Morgan fingerprint density at radius 1 is 1.22 bits per heavy atom. The van der Waals surface area contributed by atoms with E-state index in [2.05, 4.69) is 6.58 Å². The van der Waals surface area contributed by atoms with Crippen LogP contribution in [0.2, 0.25) is 5.02 Å². The van der Waals surface area contributed by atoms with E-state index in [0.29, 0.717) is 41.6 Å². The number of aliphatic hydroxyl groups excluding tert-OH is 1. The van der Waals surface area contributed by atoms with Crippen LogP contribution in [0.25, 0.3) is 5.76 Å². The Morgan fingerprint density at radius 3 is 2.50 bits per heavy atom. The standard InChI is InChI=1S/C25H27ClN2O4/c1-5-14-32-19-10-11-20(16(2)15-19)23(29)21-22(17-6-8-18(26)9-7-17)28(13-12-27(3)4)25(31)24(21)30/h5-11,15,22,29H,1,12-14H2,2-4H3/b23-21+. The number of amides is 1. The highest BCUT2D eigenvalue weighted by atomic mass is 35.5. The highest BCUT2D eigenvalue weighted by molar-refractivity contribution is 6.46. The van der Waals surface area contributed by atoms with E-state index in [1.807, 2.05) is 25.9 Å². The Balaban J connectivity index is 2.11. The molecule has 6 nitrogen and oxygen atoms in total. The maximum atomic E-state index is 13.1. The van der Waals surface area contributed by atoms with Gasteiger partial charge in [0.15, 0.2) is 0 Å². The number of Topliss-reactive ketones (excluding diaryl/α,β-unsaturated/α-hetero) is 1. The number of carbonyl (C=O) groups excluding carboxylic acids is 2. The van der Waals surface area contributed by atoms with Gasteiger partial charge in [-0.15, -0.1) is 0 Å².